The monoisotopic (exact) mass is 354 g/mol. The van der Waals surface area contributed by atoms with E-state index in [0.717, 1.165) is 22.7 Å². The van der Waals surface area contributed by atoms with E-state index in [-0.39, 0.29) is 0 Å². The first kappa shape index (κ1) is 15.7. The smallest absolute Gasteiger partial charge is 0.0973 e. The Balaban J connectivity index is 1.84. The quantitative estimate of drug-likeness (QED) is 0.282. The van der Waals surface area contributed by atoms with E-state index in [9.17, 15) is 4.39 Å². The SMILES string of the molecule is CC(F)CCCCCCCC1CCC(I)CC1. The highest BCUT2D eigenvalue weighted by Crippen LogP contribution is 2.32. The molecular formula is C15H28FI. The number of hydrogen-bond donors (Lipinski definition) is 0. The Labute approximate surface area is 120 Å². The Bertz CT molecular complexity index is 174. The standard InChI is InChI=1S/C15H28FI/c1-13(16)7-5-3-2-4-6-8-14-9-11-15(17)12-10-14/h13-15H,2-12H2,1H3. The minimum Gasteiger partial charge on any atom is -0.248 e. The van der Waals surface area contributed by atoms with Crippen LogP contribution in [-0.4, -0.2) is 10.1 Å². The summed E-state index contributed by atoms with van der Waals surface area (Å²) in [6.45, 7) is 1.67. The minimum atomic E-state index is -0.599. The van der Waals surface area contributed by atoms with Crippen molar-refractivity contribution in [2.24, 2.45) is 5.92 Å². The Hall–Kier alpha value is 0.660. The molecule has 0 heterocycles. The molecule has 0 aromatic rings. The van der Waals surface area contributed by atoms with Gasteiger partial charge in [0.2, 0.25) is 0 Å². The fourth-order valence-electron chi connectivity index (χ4n) is 2.80. The lowest BCUT2D eigenvalue weighted by molar-refractivity contribution is 0.325. The minimum absolute atomic E-state index is 0.599. The largest absolute Gasteiger partial charge is 0.248 e. The van der Waals surface area contributed by atoms with E-state index in [4.69, 9.17) is 0 Å². The summed E-state index contributed by atoms with van der Waals surface area (Å²) in [5.41, 5.74) is 0. The fourth-order valence-corrected chi connectivity index (χ4v) is 3.52. The van der Waals surface area contributed by atoms with Crippen LogP contribution in [0.5, 0.6) is 0 Å². The molecule has 1 saturated carbocycles. The van der Waals surface area contributed by atoms with Crippen molar-refractivity contribution in [3.8, 4) is 0 Å². The first-order valence-corrected chi connectivity index (χ1v) is 8.71. The van der Waals surface area contributed by atoms with Gasteiger partial charge in [-0.15, -0.1) is 0 Å². The van der Waals surface area contributed by atoms with Crippen LogP contribution >= 0.6 is 22.6 Å². The molecule has 0 saturated heterocycles. The maximum absolute atomic E-state index is 12.6. The zero-order valence-corrected chi connectivity index (χ0v) is 13.4. The molecule has 102 valence electrons. The van der Waals surface area contributed by atoms with Crippen molar-refractivity contribution in [2.75, 3.05) is 0 Å². The summed E-state index contributed by atoms with van der Waals surface area (Å²) in [6, 6.07) is 0. The van der Waals surface area contributed by atoms with Crippen LogP contribution in [0.1, 0.15) is 77.6 Å². The molecule has 0 nitrogen and oxygen atoms in total. The summed E-state index contributed by atoms with van der Waals surface area (Å²) in [6.07, 6.45) is 13.8. The Morgan fingerprint density at radius 1 is 1.00 bits per heavy atom. The molecule has 0 N–H and O–H groups in total. The molecule has 1 unspecified atom stereocenters. The third-order valence-corrected chi connectivity index (χ3v) is 5.24. The number of alkyl halides is 2. The zero-order valence-electron chi connectivity index (χ0n) is 11.3. The van der Waals surface area contributed by atoms with Crippen LogP contribution in [0.4, 0.5) is 4.39 Å². The highest BCUT2D eigenvalue weighted by Gasteiger charge is 2.18. The number of unbranched alkanes of at least 4 members (excludes halogenated alkanes) is 4. The number of rotatable bonds is 8. The van der Waals surface area contributed by atoms with E-state index >= 15 is 0 Å². The molecule has 1 aliphatic rings. The molecule has 17 heavy (non-hydrogen) atoms. The molecule has 2 heteroatoms. The van der Waals surface area contributed by atoms with Crippen molar-refractivity contribution >= 4 is 22.6 Å². The van der Waals surface area contributed by atoms with Gasteiger partial charge in [-0.25, -0.2) is 4.39 Å². The Kier molecular flexibility index (Phi) is 8.85. The van der Waals surface area contributed by atoms with Gasteiger partial charge in [-0.3, -0.25) is 0 Å². The molecule has 1 fully saturated rings. The summed E-state index contributed by atoms with van der Waals surface area (Å²) in [5, 5.41) is 0. The first-order chi connectivity index (χ1) is 8.18. The molecule has 1 atom stereocenters. The average Bonchev–Trinajstić information content (AvgIpc) is 2.30. The zero-order chi connectivity index (χ0) is 12.5. The first-order valence-electron chi connectivity index (χ1n) is 7.46. The van der Waals surface area contributed by atoms with Crippen LogP contribution in [0.3, 0.4) is 0 Å². The van der Waals surface area contributed by atoms with Crippen molar-refractivity contribution in [2.45, 2.75) is 87.6 Å². The normalized spacial score (nSPS) is 27.0. The van der Waals surface area contributed by atoms with E-state index in [0.29, 0.717) is 0 Å². The third kappa shape index (κ3) is 8.39. The van der Waals surface area contributed by atoms with Crippen molar-refractivity contribution in [1.82, 2.24) is 0 Å². The van der Waals surface area contributed by atoms with Crippen LogP contribution in [0, 0.1) is 5.92 Å². The van der Waals surface area contributed by atoms with Gasteiger partial charge in [0.25, 0.3) is 0 Å². The summed E-state index contributed by atoms with van der Waals surface area (Å²) in [7, 11) is 0. The van der Waals surface area contributed by atoms with Crippen molar-refractivity contribution in [3.05, 3.63) is 0 Å². The predicted octanol–water partition coefficient (Wildman–Crippen LogP) is 6.07. The second-order valence-corrected chi connectivity index (χ2v) is 7.51. The molecule has 1 rings (SSSR count). The van der Waals surface area contributed by atoms with Crippen LogP contribution in [0.2, 0.25) is 0 Å². The van der Waals surface area contributed by atoms with Gasteiger partial charge in [0.05, 0.1) is 6.17 Å². The fraction of sp³-hybridized carbons (Fsp3) is 1.00. The van der Waals surface area contributed by atoms with Crippen LogP contribution in [0.25, 0.3) is 0 Å². The third-order valence-electron chi connectivity index (χ3n) is 3.99. The van der Waals surface area contributed by atoms with Crippen LogP contribution < -0.4 is 0 Å². The number of halogens is 2. The molecular weight excluding hydrogens is 326 g/mol. The van der Waals surface area contributed by atoms with Crippen LogP contribution in [0.15, 0.2) is 0 Å². The van der Waals surface area contributed by atoms with E-state index in [1.807, 2.05) is 0 Å². The van der Waals surface area contributed by atoms with E-state index < -0.39 is 6.17 Å². The van der Waals surface area contributed by atoms with Gasteiger partial charge in [-0.2, -0.15) is 0 Å². The average molecular weight is 354 g/mol. The Morgan fingerprint density at radius 3 is 2.24 bits per heavy atom. The van der Waals surface area contributed by atoms with E-state index in [2.05, 4.69) is 22.6 Å². The van der Waals surface area contributed by atoms with Gasteiger partial charge < -0.3 is 0 Å². The maximum Gasteiger partial charge on any atom is 0.0973 e. The molecule has 0 aromatic heterocycles. The van der Waals surface area contributed by atoms with Gasteiger partial charge in [0.1, 0.15) is 0 Å². The Morgan fingerprint density at radius 2 is 1.59 bits per heavy atom. The van der Waals surface area contributed by atoms with Crippen molar-refractivity contribution in [1.29, 1.82) is 0 Å². The second kappa shape index (κ2) is 9.57. The summed E-state index contributed by atoms with van der Waals surface area (Å²) < 4.78 is 13.5. The van der Waals surface area contributed by atoms with Crippen LogP contribution in [-0.2, 0) is 0 Å². The molecule has 0 radical (unpaired) electrons. The van der Waals surface area contributed by atoms with Crippen molar-refractivity contribution in [3.63, 3.8) is 0 Å². The van der Waals surface area contributed by atoms with Gasteiger partial charge in [-0.05, 0) is 44.9 Å². The van der Waals surface area contributed by atoms with Gasteiger partial charge >= 0.3 is 0 Å². The molecule has 1 aliphatic carbocycles. The summed E-state index contributed by atoms with van der Waals surface area (Å²) >= 11 is 2.60. The number of hydrogen-bond acceptors (Lipinski definition) is 0. The lowest BCUT2D eigenvalue weighted by Gasteiger charge is -2.25. The summed E-state index contributed by atoms with van der Waals surface area (Å²) in [4.78, 5) is 0. The highest BCUT2D eigenvalue weighted by molar-refractivity contribution is 14.1. The summed E-state index contributed by atoms with van der Waals surface area (Å²) in [5.74, 6) is 1.02. The second-order valence-electron chi connectivity index (χ2n) is 5.74. The molecule has 0 aromatic carbocycles. The lowest BCUT2D eigenvalue weighted by atomic mass is 9.85. The van der Waals surface area contributed by atoms with Gasteiger partial charge in [0, 0.05) is 3.92 Å². The topological polar surface area (TPSA) is 0 Å². The predicted molar refractivity (Wildman–Crippen MR) is 82.7 cm³/mol. The van der Waals surface area contributed by atoms with Gasteiger partial charge in [0.15, 0.2) is 0 Å². The van der Waals surface area contributed by atoms with Crippen molar-refractivity contribution < 1.29 is 4.39 Å². The molecule has 0 aliphatic heterocycles. The highest BCUT2D eigenvalue weighted by atomic mass is 127. The maximum atomic E-state index is 12.6. The van der Waals surface area contributed by atoms with E-state index in [1.54, 1.807) is 6.92 Å². The lowest BCUT2D eigenvalue weighted by Crippen LogP contribution is -2.13. The molecule has 0 spiro atoms. The van der Waals surface area contributed by atoms with E-state index in [1.165, 1.54) is 57.8 Å². The van der Waals surface area contributed by atoms with Gasteiger partial charge in [-0.1, -0.05) is 61.1 Å². The molecule has 0 bridgehead atoms. The molecule has 0 amide bonds.